The van der Waals surface area contributed by atoms with Gasteiger partial charge in [0.15, 0.2) is 0 Å². The number of carbonyl (C=O) groups excluding carboxylic acids is 1. The Morgan fingerprint density at radius 1 is 1.31 bits per heavy atom. The summed E-state index contributed by atoms with van der Waals surface area (Å²) >= 11 is 0. The van der Waals surface area contributed by atoms with Crippen molar-refractivity contribution < 1.29 is 4.79 Å². The third-order valence-corrected chi connectivity index (χ3v) is 6.71. The summed E-state index contributed by atoms with van der Waals surface area (Å²) in [6, 6.07) is 0. The molecule has 1 saturated carbocycles. The van der Waals surface area contributed by atoms with Gasteiger partial charge < -0.3 is 10.6 Å². The van der Waals surface area contributed by atoms with Crippen LogP contribution in [0.25, 0.3) is 0 Å². The topological polar surface area (TPSA) is 62.2 Å². The Hall–Kier alpha value is -1.40. The molecule has 0 aromatic carbocycles. The van der Waals surface area contributed by atoms with Crippen LogP contribution < -0.4 is 10.6 Å². The van der Waals surface area contributed by atoms with E-state index < -0.39 is 0 Å². The van der Waals surface area contributed by atoms with E-state index in [0.717, 1.165) is 51.9 Å². The zero-order chi connectivity index (χ0) is 18.1. The Bertz CT molecular complexity index is 659. The van der Waals surface area contributed by atoms with E-state index in [1.54, 1.807) is 5.56 Å². The summed E-state index contributed by atoms with van der Waals surface area (Å²) in [5, 5.41) is 11.5. The second kappa shape index (κ2) is 7.31. The quantitative estimate of drug-likeness (QED) is 0.813. The average Bonchev–Trinajstić information content (AvgIpc) is 3.30. The highest BCUT2D eigenvalue weighted by Crippen LogP contribution is 2.44. The van der Waals surface area contributed by atoms with Crippen LogP contribution >= 0.6 is 0 Å². The normalized spacial score (nSPS) is 28.1. The zero-order valence-corrected chi connectivity index (χ0v) is 16.3. The van der Waals surface area contributed by atoms with Gasteiger partial charge in [-0.15, -0.1) is 0 Å². The summed E-state index contributed by atoms with van der Waals surface area (Å²) in [7, 11) is 4.19. The predicted molar refractivity (Wildman–Crippen MR) is 102 cm³/mol. The zero-order valence-electron chi connectivity index (χ0n) is 16.3. The second-order valence-corrected chi connectivity index (χ2v) is 8.58. The summed E-state index contributed by atoms with van der Waals surface area (Å²) in [6.45, 7) is 4.06. The standard InChI is InChI=1S/C20H33N5O/c1-21-11-13-24(2)14-16-19(17-4-3-12-25(17)23-16)15-5-8-20(9-6-15)10-7-18(26)22-20/h15,21H,3-14H2,1-2H3,(H,22,26). The van der Waals surface area contributed by atoms with Crippen molar-refractivity contribution in [3.05, 3.63) is 17.0 Å². The van der Waals surface area contributed by atoms with Gasteiger partial charge in [0.1, 0.15) is 0 Å². The first-order valence-corrected chi connectivity index (χ1v) is 10.3. The first kappa shape index (κ1) is 18.0. The smallest absolute Gasteiger partial charge is 0.220 e. The van der Waals surface area contributed by atoms with Crippen LogP contribution in [0, 0.1) is 0 Å². The van der Waals surface area contributed by atoms with E-state index in [9.17, 15) is 4.79 Å². The lowest BCUT2D eigenvalue weighted by atomic mass is 9.73. The Morgan fingerprint density at radius 3 is 2.81 bits per heavy atom. The van der Waals surface area contributed by atoms with E-state index in [-0.39, 0.29) is 11.4 Å². The highest BCUT2D eigenvalue weighted by atomic mass is 16.2. The van der Waals surface area contributed by atoms with Crippen molar-refractivity contribution in [1.82, 2.24) is 25.3 Å². The number of hydrogen-bond acceptors (Lipinski definition) is 4. The molecule has 4 rings (SSSR count). The predicted octanol–water partition coefficient (Wildman–Crippen LogP) is 1.79. The molecule has 144 valence electrons. The number of amides is 1. The van der Waals surface area contributed by atoms with E-state index in [0.29, 0.717) is 5.92 Å². The molecule has 0 radical (unpaired) electrons. The van der Waals surface area contributed by atoms with Crippen LogP contribution in [0.1, 0.15) is 67.8 Å². The molecule has 3 heterocycles. The van der Waals surface area contributed by atoms with Crippen LogP contribution in [-0.2, 0) is 24.3 Å². The molecule has 1 amide bonds. The average molecular weight is 360 g/mol. The third-order valence-electron chi connectivity index (χ3n) is 6.71. The maximum absolute atomic E-state index is 11.7. The fourth-order valence-electron chi connectivity index (χ4n) is 5.24. The first-order valence-electron chi connectivity index (χ1n) is 10.3. The van der Waals surface area contributed by atoms with Crippen molar-refractivity contribution in [1.29, 1.82) is 0 Å². The first-order chi connectivity index (χ1) is 12.6. The van der Waals surface area contributed by atoms with Gasteiger partial charge in [0, 0.05) is 49.4 Å². The molecule has 1 aromatic rings. The Balaban J connectivity index is 1.50. The van der Waals surface area contributed by atoms with Gasteiger partial charge >= 0.3 is 0 Å². The molecule has 0 atom stereocenters. The molecule has 2 N–H and O–H groups in total. The molecule has 0 bridgehead atoms. The van der Waals surface area contributed by atoms with E-state index in [2.05, 4.69) is 27.3 Å². The van der Waals surface area contributed by atoms with Gasteiger partial charge in [-0.2, -0.15) is 5.10 Å². The third kappa shape index (κ3) is 3.41. The second-order valence-electron chi connectivity index (χ2n) is 8.58. The van der Waals surface area contributed by atoms with E-state index in [1.165, 1.54) is 37.1 Å². The van der Waals surface area contributed by atoms with Crippen LogP contribution in [0.2, 0.25) is 0 Å². The number of carbonyl (C=O) groups is 1. The van der Waals surface area contributed by atoms with Crippen LogP contribution in [-0.4, -0.2) is 53.3 Å². The van der Waals surface area contributed by atoms with Crippen LogP contribution in [0.3, 0.4) is 0 Å². The minimum Gasteiger partial charge on any atom is -0.351 e. The molecular formula is C20H33N5O. The van der Waals surface area contributed by atoms with Crippen LogP contribution in [0.15, 0.2) is 0 Å². The molecule has 6 heteroatoms. The fraction of sp³-hybridized carbons (Fsp3) is 0.800. The van der Waals surface area contributed by atoms with E-state index in [4.69, 9.17) is 5.10 Å². The molecule has 2 aliphatic heterocycles. The Morgan fingerprint density at radius 2 is 2.12 bits per heavy atom. The van der Waals surface area contributed by atoms with Gasteiger partial charge in [0.25, 0.3) is 0 Å². The number of rotatable bonds is 6. The van der Waals surface area contributed by atoms with Gasteiger partial charge in [-0.05, 0) is 65.0 Å². The molecule has 2 fully saturated rings. The van der Waals surface area contributed by atoms with Gasteiger partial charge in [0.2, 0.25) is 5.91 Å². The van der Waals surface area contributed by atoms with Gasteiger partial charge in [0.05, 0.1) is 5.69 Å². The van der Waals surface area contributed by atoms with Crippen molar-refractivity contribution in [2.24, 2.45) is 0 Å². The Labute approximate surface area is 156 Å². The van der Waals surface area contributed by atoms with Crippen LogP contribution in [0.5, 0.6) is 0 Å². The highest BCUT2D eigenvalue weighted by Gasteiger charge is 2.42. The van der Waals surface area contributed by atoms with Crippen molar-refractivity contribution in [2.45, 2.75) is 75.9 Å². The number of nitrogens with zero attached hydrogens (tertiary/aromatic N) is 3. The summed E-state index contributed by atoms with van der Waals surface area (Å²) in [5.41, 5.74) is 4.46. The molecular weight excluding hydrogens is 326 g/mol. The molecule has 0 unspecified atom stereocenters. The van der Waals surface area contributed by atoms with E-state index in [1.807, 2.05) is 7.05 Å². The molecule has 1 aromatic heterocycles. The fourth-order valence-corrected chi connectivity index (χ4v) is 5.24. The van der Waals surface area contributed by atoms with Crippen molar-refractivity contribution in [3.8, 4) is 0 Å². The summed E-state index contributed by atoms with van der Waals surface area (Å²) in [6.07, 6.45) is 8.79. The number of hydrogen-bond donors (Lipinski definition) is 2. The largest absolute Gasteiger partial charge is 0.351 e. The number of aryl methyl sites for hydroxylation is 1. The van der Waals surface area contributed by atoms with Gasteiger partial charge in [-0.3, -0.25) is 14.4 Å². The SMILES string of the molecule is CNCCN(C)Cc1nn2c(c1C1CCC3(CCC(=O)N3)CC1)CCC2. The number of fused-ring (bicyclic) bond motifs is 1. The minimum absolute atomic E-state index is 0.105. The lowest BCUT2D eigenvalue weighted by Gasteiger charge is -2.37. The maximum atomic E-state index is 11.7. The van der Waals surface area contributed by atoms with E-state index >= 15 is 0 Å². The molecule has 1 spiro atoms. The van der Waals surface area contributed by atoms with Crippen molar-refractivity contribution >= 4 is 5.91 Å². The number of likely N-dealkylation sites (N-methyl/N-ethyl adjacent to an activating group) is 2. The van der Waals surface area contributed by atoms with Gasteiger partial charge in [-0.25, -0.2) is 0 Å². The lowest BCUT2D eigenvalue weighted by molar-refractivity contribution is -0.120. The molecule has 3 aliphatic rings. The summed E-state index contributed by atoms with van der Waals surface area (Å²) in [5.74, 6) is 0.870. The van der Waals surface area contributed by atoms with Crippen molar-refractivity contribution in [3.63, 3.8) is 0 Å². The summed E-state index contributed by atoms with van der Waals surface area (Å²) in [4.78, 5) is 14.1. The van der Waals surface area contributed by atoms with Crippen LogP contribution in [0.4, 0.5) is 0 Å². The maximum Gasteiger partial charge on any atom is 0.220 e. The lowest BCUT2D eigenvalue weighted by Crippen LogP contribution is -2.44. The summed E-state index contributed by atoms with van der Waals surface area (Å²) < 4.78 is 2.28. The monoisotopic (exact) mass is 359 g/mol. The van der Waals surface area contributed by atoms with Crippen molar-refractivity contribution in [2.75, 3.05) is 27.2 Å². The molecule has 1 saturated heterocycles. The molecule has 6 nitrogen and oxygen atoms in total. The van der Waals surface area contributed by atoms with Gasteiger partial charge in [-0.1, -0.05) is 0 Å². The Kier molecular flexibility index (Phi) is 5.06. The molecule has 1 aliphatic carbocycles. The molecule has 26 heavy (non-hydrogen) atoms. The highest BCUT2D eigenvalue weighted by molar-refractivity contribution is 5.79. The number of aromatic nitrogens is 2. The number of nitrogens with one attached hydrogen (secondary N) is 2. The minimum atomic E-state index is 0.105.